The van der Waals surface area contributed by atoms with Gasteiger partial charge in [0.25, 0.3) is 0 Å². The molecule has 9 rings (SSSR count). The SMILES string of the molecule is CC(C)(C)C1C2C3NC4NC(NC5NC(NC6NC(NC(N3)C2C(C(C)(C)C)C(C(C)(C)C)C1C(C)(C)C)C1CCCCC61)C1CCCCC51)C1CCCCC41.[Fe]. The normalized spacial score (nSPS) is 50.3. The Bertz CT molecular complexity index is 1290. The van der Waals surface area contributed by atoms with Gasteiger partial charge >= 0.3 is 0 Å². The molecular formula is C48H88FeN8. The maximum atomic E-state index is 4.56. The van der Waals surface area contributed by atoms with Crippen LogP contribution in [0.1, 0.15) is 160 Å². The van der Waals surface area contributed by atoms with Crippen LogP contribution in [-0.2, 0) is 17.1 Å². The summed E-state index contributed by atoms with van der Waals surface area (Å²) in [6.07, 6.45) is 18.9. The van der Waals surface area contributed by atoms with Gasteiger partial charge in [0.2, 0.25) is 0 Å². The van der Waals surface area contributed by atoms with Crippen molar-refractivity contribution in [3.63, 3.8) is 0 Å². The van der Waals surface area contributed by atoms with Gasteiger partial charge in [-0.1, -0.05) is 122 Å². The second kappa shape index (κ2) is 15.8. The summed E-state index contributed by atoms with van der Waals surface area (Å²) in [7, 11) is 0. The van der Waals surface area contributed by atoms with Crippen LogP contribution in [0.3, 0.4) is 0 Å². The number of hydrogen-bond donors (Lipinski definition) is 8. The minimum atomic E-state index is 0. The van der Waals surface area contributed by atoms with Gasteiger partial charge in [-0.25, -0.2) is 0 Å². The Kier molecular flexibility index (Phi) is 12.1. The third-order valence-corrected chi connectivity index (χ3v) is 18.3. The summed E-state index contributed by atoms with van der Waals surface area (Å²) in [6, 6.07) is 0. The van der Waals surface area contributed by atoms with E-state index in [2.05, 4.69) is 126 Å². The van der Waals surface area contributed by atoms with Crippen molar-refractivity contribution < 1.29 is 17.1 Å². The van der Waals surface area contributed by atoms with Crippen molar-refractivity contribution in [3.05, 3.63) is 0 Å². The molecule has 5 heterocycles. The molecule has 328 valence electrons. The van der Waals surface area contributed by atoms with Gasteiger partial charge in [-0.05, 0) is 131 Å². The zero-order valence-corrected chi connectivity index (χ0v) is 39.5. The molecule has 0 amide bonds. The smallest absolute Gasteiger partial charge is 0.0631 e. The average Bonchev–Trinajstić information content (AvgIpc) is 3.84. The third-order valence-electron chi connectivity index (χ3n) is 18.3. The van der Waals surface area contributed by atoms with E-state index in [9.17, 15) is 0 Å². The molecule has 0 aromatic carbocycles. The molecule has 20 unspecified atom stereocenters. The maximum absolute atomic E-state index is 4.56. The number of fused-ring (bicyclic) bond motifs is 20. The Morgan fingerprint density at radius 3 is 0.632 bits per heavy atom. The van der Waals surface area contributed by atoms with E-state index in [0.717, 1.165) is 0 Å². The van der Waals surface area contributed by atoms with Gasteiger partial charge in [0.15, 0.2) is 0 Å². The monoisotopic (exact) mass is 833 g/mol. The Morgan fingerprint density at radius 2 is 0.439 bits per heavy atom. The Labute approximate surface area is 360 Å². The van der Waals surface area contributed by atoms with Crippen LogP contribution in [0.25, 0.3) is 0 Å². The van der Waals surface area contributed by atoms with Crippen molar-refractivity contribution in [2.45, 2.75) is 209 Å². The molecule has 0 radical (unpaired) electrons. The van der Waals surface area contributed by atoms with Crippen LogP contribution in [-0.4, -0.2) is 49.3 Å². The largest absolute Gasteiger partial charge is 0.286 e. The molecule has 5 aliphatic heterocycles. The first-order chi connectivity index (χ1) is 26.3. The van der Waals surface area contributed by atoms with E-state index in [1.54, 1.807) is 0 Å². The predicted octanol–water partition coefficient (Wildman–Crippen LogP) is 7.69. The minimum Gasteiger partial charge on any atom is -0.286 e. The van der Waals surface area contributed by atoms with Crippen LogP contribution in [0, 0.1) is 92.7 Å². The van der Waals surface area contributed by atoms with Crippen molar-refractivity contribution in [2.24, 2.45) is 92.7 Å². The van der Waals surface area contributed by atoms with Gasteiger partial charge < -0.3 is 0 Å². The third kappa shape index (κ3) is 7.83. The molecule has 4 aliphatic carbocycles. The fraction of sp³-hybridized carbons (Fsp3) is 1.00. The molecule has 0 spiro atoms. The molecular weight excluding hydrogens is 744 g/mol. The fourth-order valence-corrected chi connectivity index (χ4v) is 16.6. The number of hydrogen-bond acceptors (Lipinski definition) is 8. The summed E-state index contributed by atoms with van der Waals surface area (Å²) < 4.78 is 0. The first kappa shape index (κ1) is 43.8. The fourth-order valence-electron chi connectivity index (χ4n) is 16.6. The Morgan fingerprint density at radius 1 is 0.263 bits per heavy atom. The van der Waals surface area contributed by atoms with Crippen LogP contribution in [0.4, 0.5) is 0 Å². The summed E-state index contributed by atoms with van der Waals surface area (Å²) in [4.78, 5) is 0. The molecule has 57 heavy (non-hydrogen) atoms. The van der Waals surface area contributed by atoms with Gasteiger partial charge in [0.05, 0.1) is 49.3 Å². The Balaban J connectivity index is 0.00000455. The summed E-state index contributed by atoms with van der Waals surface area (Å²) in [5, 5.41) is 35.4. The number of nitrogens with one attached hydrogen (secondary N) is 8. The Hall–Kier alpha value is 0.199. The van der Waals surface area contributed by atoms with E-state index in [4.69, 9.17) is 0 Å². The zero-order valence-electron chi connectivity index (χ0n) is 38.4. The van der Waals surface area contributed by atoms with Crippen LogP contribution in [0.2, 0.25) is 0 Å². The quantitative estimate of drug-likeness (QED) is 0.118. The molecule has 0 aromatic rings. The molecule has 5 saturated heterocycles. The van der Waals surface area contributed by atoms with Gasteiger partial charge in [0.1, 0.15) is 0 Å². The zero-order chi connectivity index (χ0) is 39.7. The van der Waals surface area contributed by atoms with E-state index >= 15 is 0 Å². The van der Waals surface area contributed by atoms with Gasteiger partial charge in [-0.2, -0.15) is 0 Å². The molecule has 4 saturated carbocycles. The molecule has 8 bridgehead atoms. The number of rotatable bonds is 0. The van der Waals surface area contributed by atoms with E-state index < -0.39 is 0 Å². The average molecular weight is 833 g/mol. The van der Waals surface area contributed by atoms with Gasteiger partial charge in [-0.3, -0.25) is 42.5 Å². The second-order valence-electron chi connectivity index (χ2n) is 25.7. The summed E-state index contributed by atoms with van der Waals surface area (Å²) in [5.41, 5.74) is 0.712. The van der Waals surface area contributed by atoms with Crippen LogP contribution in [0.5, 0.6) is 0 Å². The summed E-state index contributed by atoms with van der Waals surface area (Å²) in [6.45, 7) is 31.2. The molecule has 9 fully saturated rings. The molecule has 9 aliphatic rings. The maximum Gasteiger partial charge on any atom is 0.0631 e. The summed E-state index contributed by atoms with van der Waals surface area (Å²) in [5.74, 6) is 7.49. The van der Waals surface area contributed by atoms with Crippen LogP contribution < -0.4 is 42.5 Å². The molecule has 8 N–H and O–H groups in total. The molecule has 20 atom stereocenters. The topological polar surface area (TPSA) is 96.2 Å². The second-order valence-corrected chi connectivity index (χ2v) is 25.7. The van der Waals surface area contributed by atoms with Gasteiger partial charge in [0, 0.05) is 17.1 Å². The van der Waals surface area contributed by atoms with E-state index in [1.165, 1.54) is 77.0 Å². The standard InChI is InChI=1S/C48H88N8.Fe/c1-45(2,3)33-31-32(34(46(4,5)6)36(48(10,11)12)35(33)47(7,8)9)44-55-42-30-24-18-16-22-28(30)40(53-42)51-38-26-20-14-13-19-25(26)37(49-38)50-39-27-21-15-17-23-29(27)41(52-39)54-43(31)56-44;/h25-44,49-56H,13-24H2,1-12H3;. The molecule has 8 nitrogen and oxygen atoms in total. The molecule has 0 aromatic heterocycles. The minimum absolute atomic E-state index is 0. The summed E-state index contributed by atoms with van der Waals surface area (Å²) >= 11 is 0. The van der Waals surface area contributed by atoms with Crippen molar-refractivity contribution in [3.8, 4) is 0 Å². The molecule has 9 heteroatoms. The first-order valence-corrected chi connectivity index (χ1v) is 24.4. The van der Waals surface area contributed by atoms with Crippen molar-refractivity contribution >= 4 is 0 Å². The van der Waals surface area contributed by atoms with E-state index in [1.807, 2.05) is 0 Å². The van der Waals surface area contributed by atoms with E-state index in [0.29, 0.717) is 108 Å². The van der Waals surface area contributed by atoms with Gasteiger partial charge in [-0.15, -0.1) is 0 Å². The first-order valence-electron chi connectivity index (χ1n) is 24.4. The van der Waals surface area contributed by atoms with Crippen molar-refractivity contribution in [2.75, 3.05) is 0 Å². The van der Waals surface area contributed by atoms with Crippen LogP contribution in [0.15, 0.2) is 0 Å². The van der Waals surface area contributed by atoms with Crippen LogP contribution >= 0.6 is 0 Å². The van der Waals surface area contributed by atoms with E-state index in [-0.39, 0.29) is 51.1 Å². The predicted molar refractivity (Wildman–Crippen MR) is 230 cm³/mol. The van der Waals surface area contributed by atoms with Crippen molar-refractivity contribution in [1.82, 2.24) is 42.5 Å². The van der Waals surface area contributed by atoms with Crippen molar-refractivity contribution in [1.29, 1.82) is 0 Å².